The van der Waals surface area contributed by atoms with E-state index < -0.39 is 0 Å². The molecule has 3 aromatic carbocycles. The van der Waals surface area contributed by atoms with Gasteiger partial charge in [0.25, 0.3) is 0 Å². The molecular formula is C26H24Br2N4. The second-order valence-corrected chi connectivity index (χ2v) is 9.86. The van der Waals surface area contributed by atoms with Gasteiger partial charge >= 0.3 is 0 Å². The molecule has 2 aromatic heterocycles. The Balaban J connectivity index is 1.76. The van der Waals surface area contributed by atoms with Crippen LogP contribution >= 0.6 is 31.9 Å². The fourth-order valence-electron chi connectivity index (χ4n) is 4.34. The highest BCUT2D eigenvalue weighted by atomic mass is 79.9. The first kappa shape index (κ1) is 21.4. The predicted molar refractivity (Wildman–Crippen MR) is 140 cm³/mol. The zero-order valence-electron chi connectivity index (χ0n) is 18.1. The summed E-state index contributed by atoms with van der Waals surface area (Å²) in [5, 5.41) is 0. The summed E-state index contributed by atoms with van der Waals surface area (Å²) in [7, 11) is 0. The highest BCUT2D eigenvalue weighted by Gasteiger charge is 2.18. The van der Waals surface area contributed by atoms with Gasteiger partial charge in [-0.3, -0.25) is 0 Å². The number of fused-ring (bicyclic) bond motifs is 2. The molecule has 0 bridgehead atoms. The van der Waals surface area contributed by atoms with Gasteiger partial charge in [-0.15, -0.1) is 0 Å². The van der Waals surface area contributed by atoms with Gasteiger partial charge in [-0.05, 0) is 49.2 Å². The third-order valence-corrected chi connectivity index (χ3v) is 6.66. The van der Waals surface area contributed by atoms with Crippen LogP contribution in [0.1, 0.15) is 26.7 Å². The highest BCUT2D eigenvalue weighted by molar-refractivity contribution is 9.10. The first-order chi connectivity index (χ1) is 15.6. The molecule has 0 aliphatic rings. The van der Waals surface area contributed by atoms with Crippen LogP contribution in [0.4, 0.5) is 0 Å². The van der Waals surface area contributed by atoms with Crippen molar-refractivity contribution in [1.82, 2.24) is 19.1 Å². The van der Waals surface area contributed by atoms with Crippen LogP contribution in [0, 0.1) is 0 Å². The predicted octanol–water partition coefficient (Wildman–Crippen LogP) is 8.07. The number of aromatic nitrogens is 4. The molecule has 5 rings (SSSR count). The summed E-state index contributed by atoms with van der Waals surface area (Å²) >= 11 is 7.21. The lowest BCUT2D eigenvalue weighted by Gasteiger charge is -2.10. The van der Waals surface area contributed by atoms with Crippen LogP contribution in [0.2, 0.25) is 0 Å². The molecule has 0 fully saturated rings. The monoisotopic (exact) mass is 550 g/mol. The minimum Gasteiger partial charge on any atom is -0.324 e. The summed E-state index contributed by atoms with van der Waals surface area (Å²) in [5.41, 5.74) is 6.53. The molecule has 0 unspecified atom stereocenters. The quantitative estimate of drug-likeness (QED) is 0.214. The second kappa shape index (κ2) is 8.83. The standard InChI is InChI=1S/C26H24Br2N4/c1-3-11-31-23-16-24-22(15-21(23)29-25(31)17-7-5-9-19(27)13-17)30-26(32(24)12-4-2)18-8-6-10-20(28)14-18/h5-10,13-16H,3-4,11-12H2,1-2H3. The largest absolute Gasteiger partial charge is 0.324 e. The molecule has 0 aliphatic heterocycles. The Morgan fingerprint density at radius 2 is 1.12 bits per heavy atom. The van der Waals surface area contributed by atoms with Crippen LogP contribution in [0.5, 0.6) is 0 Å². The van der Waals surface area contributed by atoms with Crippen molar-refractivity contribution < 1.29 is 0 Å². The molecule has 6 heteroatoms. The molecule has 2 heterocycles. The Morgan fingerprint density at radius 3 is 1.53 bits per heavy atom. The number of nitrogens with zero attached hydrogens (tertiary/aromatic N) is 4. The number of benzene rings is 3. The summed E-state index contributed by atoms with van der Waals surface area (Å²) < 4.78 is 6.81. The van der Waals surface area contributed by atoms with E-state index >= 15 is 0 Å². The smallest absolute Gasteiger partial charge is 0.141 e. The van der Waals surface area contributed by atoms with Crippen molar-refractivity contribution in [2.75, 3.05) is 0 Å². The summed E-state index contributed by atoms with van der Waals surface area (Å²) in [6.45, 7) is 6.26. The number of halogens is 2. The second-order valence-electron chi connectivity index (χ2n) is 8.02. The average Bonchev–Trinajstić information content (AvgIpc) is 3.31. The first-order valence-electron chi connectivity index (χ1n) is 11.0. The summed E-state index contributed by atoms with van der Waals surface area (Å²) in [6.07, 6.45) is 2.09. The SMILES string of the molecule is CCCn1c(-c2cccc(Br)c2)nc2cc3nc(-c4cccc(Br)c4)n(CCC)c3cc21. The van der Waals surface area contributed by atoms with Gasteiger partial charge in [0.2, 0.25) is 0 Å². The number of aryl methyl sites for hydroxylation is 2. The minimum absolute atomic E-state index is 0.921. The molecule has 0 atom stereocenters. The Labute approximate surface area is 204 Å². The highest BCUT2D eigenvalue weighted by Crippen LogP contribution is 2.33. The van der Waals surface area contributed by atoms with Gasteiger partial charge in [0.05, 0.1) is 22.1 Å². The average molecular weight is 552 g/mol. The number of hydrogen-bond donors (Lipinski definition) is 0. The van der Waals surface area contributed by atoms with E-state index in [1.165, 1.54) is 0 Å². The van der Waals surface area contributed by atoms with E-state index in [1.807, 2.05) is 12.1 Å². The minimum atomic E-state index is 0.921. The molecule has 0 amide bonds. The van der Waals surface area contributed by atoms with Crippen LogP contribution in [-0.4, -0.2) is 19.1 Å². The van der Waals surface area contributed by atoms with E-state index in [0.717, 1.165) is 79.7 Å². The van der Waals surface area contributed by atoms with E-state index in [4.69, 9.17) is 9.97 Å². The number of rotatable bonds is 6. The fraction of sp³-hybridized carbons (Fsp3) is 0.231. The van der Waals surface area contributed by atoms with Crippen LogP contribution in [0.3, 0.4) is 0 Å². The lowest BCUT2D eigenvalue weighted by Crippen LogP contribution is -2.01. The maximum atomic E-state index is 5.05. The van der Waals surface area contributed by atoms with Gasteiger partial charge in [0.15, 0.2) is 0 Å². The van der Waals surface area contributed by atoms with Gasteiger partial charge < -0.3 is 9.13 Å². The summed E-state index contributed by atoms with van der Waals surface area (Å²) in [5.74, 6) is 2.01. The molecule has 32 heavy (non-hydrogen) atoms. The Hall–Kier alpha value is -2.44. The van der Waals surface area contributed by atoms with Crippen LogP contribution in [0.15, 0.2) is 69.6 Å². The molecule has 0 N–H and O–H groups in total. The van der Waals surface area contributed by atoms with Crippen molar-refractivity contribution in [2.45, 2.75) is 39.8 Å². The zero-order chi connectivity index (χ0) is 22.2. The molecule has 0 saturated carbocycles. The van der Waals surface area contributed by atoms with E-state index in [1.54, 1.807) is 0 Å². The lowest BCUT2D eigenvalue weighted by atomic mass is 10.2. The third kappa shape index (κ3) is 3.80. The number of hydrogen-bond acceptors (Lipinski definition) is 2. The lowest BCUT2D eigenvalue weighted by molar-refractivity contribution is 0.699. The topological polar surface area (TPSA) is 35.6 Å². The van der Waals surface area contributed by atoms with Gasteiger partial charge in [0, 0.05) is 33.2 Å². The van der Waals surface area contributed by atoms with Crippen molar-refractivity contribution in [2.24, 2.45) is 0 Å². The summed E-state index contributed by atoms with van der Waals surface area (Å²) in [6, 6.07) is 21.2. The zero-order valence-corrected chi connectivity index (χ0v) is 21.3. The molecule has 4 nitrogen and oxygen atoms in total. The van der Waals surface area contributed by atoms with E-state index in [0.29, 0.717) is 0 Å². The van der Waals surface area contributed by atoms with Crippen molar-refractivity contribution in [3.05, 3.63) is 69.6 Å². The first-order valence-corrected chi connectivity index (χ1v) is 12.6. The van der Waals surface area contributed by atoms with Crippen LogP contribution in [0.25, 0.3) is 44.8 Å². The molecule has 0 spiro atoms. The van der Waals surface area contributed by atoms with Crippen molar-refractivity contribution in [1.29, 1.82) is 0 Å². The van der Waals surface area contributed by atoms with Crippen LogP contribution < -0.4 is 0 Å². The van der Waals surface area contributed by atoms with E-state index in [2.05, 4.69) is 103 Å². The number of imidazole rings is 2. The van der Waals surface area contributed by atoms with Crippen LogP contribution in [-0.2, 0) is 13.1 Å². The maximum absolute atomic E-state index is 5.05. The van der Waals surface area contributed by atoms with E-state index in [9.17, 15) is 0 Å². The van der Waals surface area contributed by atoms with Crippen molar-refractivity contribution >= 4 is 53.9 Å². The molecular weight excluding hydrogens is 528 g/mol. The molecule has 162 valence electrons. The fourth-order valence-corrected chi connectivity index (χ4v) is 5.14. The molecule has 0 aliphatic carbocycles. The summed E-state index contributed by atoms with van der Waals surface area (Å²) in [4.78, 5) is 10.1. The third-order valence-electron chi connectivity index (χ3n) is 5.68. The van der Waals surface area contributed by atoms with Gasteiger partial charge in [0.1, 0.15) is 11.6 Å². The van der Waals surface area contributed by atoms with Crippen molar-refractivity contribution in [3.63, 3.8) is 0 Å². The molecule has 5 aromatic rings. The maximum Gasteiger partial charge on any atom is 0.141 e. The molecule has 0 saturated heterocycles. The van der Waals surface area contributed by atoms with Gasteiger partial charge in [-0.2, -0.15) is 0 Å². The Kier molecular flexibility index (Phi) is 5.91. The van der Waals surface area contributed by atoms with Gasteiger partial charge in [-0.25, -0.2) is 9.97 Å². The Morgan fingerprint density at radius 1 is 0.656 bits per heavy atom. The molecule has 0 radical (unpaired) electrons. The normalized spacial score (nSPS) is 11.6. The van der Waals surface area contributed by atoms with Crippen molar-refractivity contribution in [3.8, 4) is 22.8 Å². The van der Waals surface area contributed by atoms with E-state index in [-0.39, 0.29) is 0 Å². The van der Waals surface area contributed by atoms with Gasteiger partial charge in [-0.1, -0.05) is 70.0 Å². The Bertz CT molecular complexity index is 1330.